The molecule has 0 saturated heterocycles. The summed E-state index contributed by atoms with van der Waals surface area (Å²) < 4.78 is 0. The third kappa shape index (κ3) is 2.74. The predicted octanol–water partition coefficient (Wildman–Crippen LogP) is -0.750. The Morgan fingerprint density at radius 2 is 2.00 bits per heavy atom. The number of amides is 1. The highest BCUT2D eigenvalue weighted by Crippen LogP contribution is 2.13. The Balaban J connectivity index is 3.15. The van der Waals surface area contributed by atoms with Gasteiger partial charge in [0.1, 0.15) is 0 Å². The molecule has 5 nitrogen and oxygen atoms in total. The van der Waals surface area contributed by atoms with E-state index in [2.05, 4.69) is 4.98 Å². The lowest BCUT2D eigenvalue weighted by molar-refractivity contribution is 0.0997. The lowest BCUT2D eigenvalue weighted by atomic mass is 10.0. The number of aliphatic hydroxyl groups excluding tert-OH is 2. The Hall–Kier alpha value is -1.46. The standard InChI is InChI=1S/C10H14N2O3/c11-10(15)9-7(2-5-13)1-4-12-8(9)3-6-14/h1,4,13-14H,2-3,5-6H2,(H2,11,15). The van der Waals surface area contributed by atoms with Crippen LogP contribution >= 0.6 is 0 Å². The summed E-state index contributed by atoms with van der Waals surface area (Å²) in [7, 11) is 0. The number of rotatable bonds is 5. The van der Waals surface area contributed by atoms with Gasteiger partial charge < -0.3 is 15.9 Å². The van der Waals surface area contributed by atoms with E-state index in [1.54, 1.807) is 12.3 Å². The number of nitrogens with zero attached hydrogens (tertiary/aromatic N) is 1. The summed E-state index contributed by atoms with van der Waals surface area (Å²) in [6.07, 6.45) is 2.19. The molecule has 0 aliphatic carbocycles. The molecule has 82 valence electrons. The Labute approximate surface area is 87.6 Å². The highest BCUT2D eigenvalue weighted by atomic mass is 16.3. The normalized spacial score (nSPS) is 10.3. The van der Waals surface area contributed by atoms with Crippen molar-refractivity contribution in [1.29, 1.82) is 0 Å². The average molecular weight is 210 g/mol. The van der Waals surface area contributed by atoms with Crippen LogP contribution in [0.25, 0.3) is 0 Å². The van der Waals surface area contributed by atoms with Gasteiger partial charge in [-0.3, -0.25) is 9.78 Å². The van der Waals surface area contributed by atoms with Crippen molar-refractivity contribution < 1.29 is 15.0 Å². The number of aromatic nitrogens is 1. The van der Waals surface area contributed by atoms with Gasteiger partial charge in [0.05, 0.1) is 11.3 Å². The van der Waals surface area contributed by atoms with Crippen LogP contribution in [0.5, 0.6) is 0 Å². The van der Waals surface area contributed by atoms with E-state index in [1.165, 1.54) is 0 Å². The van der Waals surface area contributed by atoms with E-state index in [0.29, 0.717) is 23.2 Å². The van der Waals surface area contributed by atoms with Crippen LogP contribution in [0, 0.1) is 0 Å². The number of primary amides is 1. The molecule has 4 N–H and O–H groups in total. The minimum absolute atomic E-state index is 0.0527. The molecule has 0 atom stereocenters. The highest BCUT2D eigenvalue weighted by molar-refractivity contribution is 5.95. The third-order valence-electron chi connectivity index (χ3n) is 2.09. The number of hydrogen-bond acceptors (Lipinski definition) is 4. The van der Waals surface area contributed by atoms with Crippen LogP contribution in [0.4, 0.5) is 0 Å². The highest BCUT2D eigenvalue weighted by Gasteiger charge is 2.13. The largest absolute Gasteiger partial charge is 0.396 e. The van der Waals surface area contributed by atoms with Crippen LogP contribution in [0.1, 0.15) is 21.6 Å². The van der Waals surface area contributed by atoms with Gasteiger partial charge in [-0.25, -0.2) is 0 Å². The fraction of sp³-hybridized carbons (Fsp3) is 0.400. The maximum absolute atomic E-state index is 11.2. The molecule has 0 bridgehead atoms. The zero-order chi connectivity index (χ0) is 11.3. The summed E-state index contributed by atoms with van der Waals surface area (Å²) in [5.41, 5.74) is 6.71. The van der Waals surface area contributed by atoms with Gasteiger partial charge in [-0.05, 0) is 18.1 Å². The number of aliphatic hydroxyl groups is 2. The monoisotopic (exact) mass is 210 g/mol. The third-order valence-corrected chi connectivity index (χ3v) is 2.09. The molecule has 0 radical (unpaired) electrons. The summed E-state index contributed by atoms with van der Waals surface area (Å²) >= 11 is 0. The number of carbonyl (C=O) groups excluding carboxylic acids is 1. The van der Waals surface area contributed by atoms with Crippen LogP contribution in [0.2, 0.25) is 0 Å². The van der Waals surface area contributed by atoms with Crippen molar-refractivity contribution in [2.45, 2.75) is 12.8 Å². The van der Waals surface area contributed by atoms with Gasteiger partial charge in [0.25, 0.3) is 5.91 Å². The summed E-state index contributed by atoms with van der Waals surface area (Å²) in [5.74, 6) is -0.574. The lowest BCUT2D eigenvalue weighted by Crippen LogP contribution is -2.19. The Kier molecular flexibility index (Phi) is 4.20. The van der Waals surface area contributed by atoms with Gasteiger partial charge in [-0.15, -0.1) is 0 Å². The first-order valence-corrected chi connectivity index (χ1v) is 4.69. The van der Waals surface area contributed by atoms with E-state index in [1.807, 2.05) is 0 Å². The van der Waals surface area contributed by atoms with Gasteiger partial charge in [-0.2, -0.15) is 0 Å². The molecule has 0 unspecified atom stereocenters. The van der Waals surface area contributed by atoms with Gasteiger partial charge >= 0.3 is 0 Å². The first-order chi connectivity index (χ1) is 7.20. The van der Waals surface area contributed by atoms with Crippen molar-refractivity contribution in [3.8, 4) is 0 Å². The molecule has 1 rings (SSSR count). The minimum Gasteiger partial charge on any atom is -0.396 e. The number of pyridine rings is 1. The molecule has 1 heterocycles. The smallest absolute Gasteiger partial charge is 0.250 e. The lowest BCUT2D eigenvalue weighted by Gasteiger charge is -2.09. The summed E-state index contributed by atoms with van der Waals surface area (Å²) in [6.45, 7) is -0.140. The molecule has 1 amide bonds. The molecule has 0 aromatic carbocycles. The number of carbonyl (C=O) groups is 1. The fourth-order valence-corrected chi connectivity index (χ4v) is 1.48. The van der Waals surface area contributed by atoms with Gasteiger partial charge in [-0.1, -0.05) is 0 Å². The van der Waals surface area contributed by atoms with E-state index in [9.17, 15) is 4.79 Å². The first-order valence-electron chi connectivity index (χ1n) is 4.69. The molecule has 15 heavy (non-hydrogen) atoms. The molecule has 1 aromatic heterocycles. The zero-order valence-electron chi connectivity index (χ0n) is 8.31. The summed E-state index contributed by atoms with van der Waals surface area (Å²) in [4.78, 5) is 15.2. The maximum atomic E-state index is 11.2. The molecule has 0 saturated carbocycles. The van der Waals surface area contributed by atoms with Crippen LogP contribution < -0.4 is 5.73 Å². The van der Waals surface area contributed by atoms with E-state index in [0.717, 1.165) is 0 Å². The van der Waals surface area contributed by atoms with Crippen LogP contribution in [-0.2, 0) is 12.8 Å². The van der Waals surface area contributed by atoms with E-state index >= 15 is 0 Å². The van der Waals surface area contributed by atoms with Crippen molar-refractivity contribution in [1.82, 2.24) is 4.98 Å². The Morgan fingerprint density at radius 1 is 1.33 bits per heavy atom. The van der Waals surface area contributed by atoms with Crippen molar-refractivity contribution in [2.75, 3.05) is 13.2 Å². The Morgan fingerprint density at radius 3 is 2.53 bits per heavy atom. The molecule has 0 spiro atoms. The van der Waals surface area contributed by atoms with Crippen molar-refractivity contribution in [3.05, 3.63) is 29.1 Å². The Bertz CT molecular complexity index is 328. The minimum atomic E-state index is -0.574. The molecular weight excluding hydrogens is 196 g/mol. The molecule has 0 aliphatic rings. The average Bonchev–Trinajstić information content (AvgIpc) is 2.18. The first kappa shape index (κ1) is 11.6. The zero-order valence-corrected chi connectivity index (χ0v) is 8.31. The van der Waals surface area contributed by atoms with Crippen LogP contribution in [0.15, 0.2) is 12.3 Å². The van der Waals surface area contributed by atoms with Gasteiger partial charge in [0.2, 0.25) is 0 Å². The van der Waals surface area contributed by atoms with Crippen molar-refractivity contribution in [3.63, 3.8) is 0 Å². The molecule has 1 aromatic rings. The molecule has 0 aliphatic heterocycles. The number of nitrogens with two attached hydrogens (primary N) is 1. The number of hydrogen-bond donors (Lipinski definition) is 3. The second kappa shape index (κ2) is 5.43. The van der Waals surface area contributed by atoms with Crippen molar-refractivity contribution >= 4 is 5.91 Å². The molecular formula is C10H14N2O3. The molecule has 5 heteroatoms. The van der Waals surface area contributed by atoms with Crippen LogP contribution in [0.3, 0.4) is 0 Å². The van der Waals surface area contributed by atoms with Crippen molar-refractivity contribution in [2.24, 2.45) is 5.73 Å². The summed E-state index contributed by atoms with van der Waals surface area (Å²) in [5, 5.41) is 17.6. The van der Waals surface area contributed by atoms with Gasteiger partial charge in [0, 0.05) is 25.8 Å². The maximum Gasteiger partial charge on any atom is 0.250 e. The quantitative estimate of drug-likeness (QED) is 0.595. The van der Waals surface area contributed by atoms with Gasteiger partial charge in [0.15, 0.2) is 0 Å². The summed E-state index contributed by atoms with van der Waals surface area (Å²) in [6, 6.07) is 1.65. The topological polar surface area (TPSA) is 96.4 Å². The fourth-order valence-electron chi connectivity index (χ4n) is 1.48. The predicted molar refractivity (Wildman–Crippen MR) is 54.3 cm³/mol. The van der Waals surface area contributed by atoms with E-state index < -0.39 is 5.91 Å². The second-order valence-corrected chi connectivity index (χ2v) is 3.10. The second-order valence-electron chi connectivity index (χ2n) is 3.10. The van der Waals surface area contributed by atoms with E-state index in [-0.39, 0.29) is 19.6 Å². The SMILES string of the molecule is NC(=O)c1c(CCO)ccnc1CCO. The van der Waals surface area contributed by atoms with E-state index in [4.69, 9.17) is 15.9 Å². The molecule has 0 fully saturated rings. The van der Waals surface area contributed by atoms with Crippen LogP contribution in [-0.4, -0.2) is 34.3 Å².